The molecule has 0 saturated heterocycles. The fraction of sp³-hybridized carbons (Fsp3) is 0.684. The van der Waals surface area contributed by atoms with Crippen LogP contribution < -0.4 is 4.74 Å². The van der Waals surface area contributed by atoms with E-state index in [0.29, 0.717) is 12.6 Å². The summed E-state index contributed by atoms with van der Waals surface area (Å²) in [5, 5.41) is 11.1. The zero-order chi connectivity index (χ0) is 19.7. The molecule has 1 aliphatic rings. The van der Waals surface area contributed by atoms with Crippen LogP contribution in [-0.4, -0.2) is 46.0 Å². The maximum Gasteiger partial charge on any atom is 0.227 e. The van der Waals surface area contributed by atoms with Gasteiger partial charge in [-0.3, -0.25) is 0 Å². The molecule has 1 fully saturated rings. The average molecular weight is 412 g/mol. The molecule has 1 N–H and O–H groups in total. The molecule has 3 rings (SSSR count). The van der Waals surface area contributed by atoms with Crippen LogP contribution in [0.4, 0.5) is 0 Å². The van der Waals surface area contributed by atoms with Gasteiger partial charge in [0.1, 0.15) is 12.8 Å². The van der Waals surface area contributed by atoms with Crippen LogP contribution in [0.2, 0.25) is 31.0 Å². The number of halogens is 1. The lowest BCUT2D eigenvalue weighted by atomic mass is 9.85. The highest BCUT2D eigenvalue weighted by molar-refractivity contribution is 6.76. The fourth-order valence-electron chi connectivity index (χ4n) is 3.24. The quantitative estimate of drug-likeness (QED) is 0.413. The SMILES string of the molecule is CC1(O)CCC(Oc2nc(Cl)nc3c2ccn3COCC[Si](C)(C)C)CC1. The zero-order valence-electron chi connectivity index (χ0n) is 16.7. The second-order valence-corrected chi connectivity index (χ2v) is 14.9. The summed E-state index contributed by atoms with van der Waals surface area (Å²) in [6, 6.07) is 3.07. The number of aliphatic hydroxyl groups is 1. The van der Waals surface area contributed by atoms with Gasteiger partial charge in [-0.2, -0.15) is 9.97 Å². The third kappa shape index (κ3) is 5.67. The second-order valence-electron chi connectivity index (χ2n) is 8.98. The Morgan fingerprint density at radius 3 is 2.67 bits per heavy atom. The van der Waals surface area contributed by atoms with Crippen molar-refractivity contribution in [2.24, 2.45) is 0 Å². The maximum absolute atomic E-state index is 10.1. The molecule has 8 heteroatoms. The van der Waals surface area contributed by atoms with E-state index in [1.165, 1.54) is 0 Å². The molecule has 1 saturated carbocycles. The molecule has 2 aromatic heterocycles. The molecule has 2 heterocycles. The van der Waals surface area contributed by atoms with E-state index in [1.807, 2.05) is 23.8 Å². The summed E-state index contributed by atoms with van der Waals surface area (Å²) in [4.78, 5) is 8.66. The molecule has 27 heavy (non-hydrogen) atoms. The standard InChI is InChI=1S/C19H30ClN3O3Si/c1-19(24)8-5-14(6-9-19)26-17-15-7-10-23(16(15)21-18(20)22-17)13-25-11-12-27(2,3)4/h7,10,14,24H,5-6,8-9,11-13H2,1-4H3. The summed E-state index contributed by atoms with van der Waals surface area (Å²) in [6.07, 6.45) is 5.03. The summed E-state index contributed by atoms with van der Waals surface area (Å²) in [5.74, 6) is 0.511. The lowest BCUT2D eigenvalue weighted by molar-refractivity contribution is -0.0114. The molecule has 1 aliphatic carbocycles. The van der Waals surface area contributed by atoms with Gasteiger partial charge >= 0.3 is 0 Å². The molecule has 6 nitrogen and oxygen atoms in total. The van der Waals surface area contributed by atoms with Crippen LogP contribution in [0, 0.1) is 0 Å². The highest BCUT2D eigenvalue weighted by Gasteiger charge is 2.30. The van der Waals surface area contributed by atoms with Crippen LogP contribution in [0.25, 0.3) is 11.0 Å². The van der Waals surface area contributed by atoms with Gasteiger partial charge in [0.25, 0.3) is 0 Å². The van der Waals surface area contributed by atoms with Gasteiger partial charge in [-0.15, -0.1) is 0 Å². The summed E-state index contributed by atoms with van der Waals surface area (Å²) in [7, 11) is -1.11. The Hall–Kier alpha value is -1.15. The third-order valence-corrected chi connectivity index (χ3v) is 6.94. The predicted molar refractivity (Wildman–Crippen MR) is 110 cm³/mol. The maximum atomic E-state index is 10.1. The Morgan fingerprint density at radius 2 is 2.00 bits per heavy atom. The van der Waals surface area contributed by atoms with Gasteiger partial charge in [-0.1, -0.05) is 19.6 Å². The van der Waals surface area contributed by atoms with Gasteiger partial charge in [0.05, 0.1) is 11.0 Å². The molecule has 0 atom stereocenters. The van der Waals surface area contributed by atoms with Gasteiger partial charge in [0.15, 0.2) is 5.65 Å². The number of hydrogen-bond donors (Lipinski definition) is 1. The van der Waals surface area contributed by atoms with Crippen molar-refractivity contribution in [3.63, 3.8) is 0 Å². The Kier molecular flexibility index (Phi) is 6.15. The monoisotopic (exact) mass is 411 g/mol. The average Bonchev–Trinajstić information content (AvgIpc) is 2.96. The highest BCUT2D eigenvalue weighted by atomic mass is 35.5. The van der Waals surface area contributed by atoms with E-state index < -0.39 is 13.7 Å². The number of ether oxygens (including phenoxy) is 2. The number of aromatic nitrogens is 3. The van der Waals surface area contributed by atoms with Crippen molar-refractivity contribution < 1.29 is 14.6 Å². The Bertz CT molecular complexity index is 778. The molecule has 0 aliphatic heterocycles. The van der Waals surface area contributed by atoms with Crippen LogP contribution in [0.15, 0.2) is 12.3 Å². The molecule has 150 valence electrons. The van der Waals surface area contributed by atoms with E-state index in [4.69, 9.17) is 21.1 Å². The molecule has 0 amide bonds. The lowest BCUT2D eigenvalue weighted by Crippen LogP contribution is -2.35. The van der Waals surface area contributed by atoms with E-state index in [-0.39, 0.29) is 11.4 Å². The Balaban J connectivity index is 1.69. The first kappa shape index (κ1) is 20.6. The largest absolute Gasteiger partial charge is 0.474 e. The molecule has 0 unspecified atom stereocenters. The van der Waals surface area contributed by atoms with E-state index >= 15 is 0 Å². The number of nitrogens with zero attached hydrogens (tertiary/aromatic N) is 3. The smallest absolute Gasteiger partial charge is 0.227 e. The van der Waals surface area contributed by atoms with Crippen LogP contribution in [0.3, 0.4) is 0 Å². The van der Waals surface area contributed by atoms with Crippen molar-refractivity contribution in [2.45, 2.75) is 76.7 Å². The summed E-state index contributed by atoms with van der Waals surface area (Å²) in [6.45, 7) is 10.1. The topological polar surface area (TPSA) is 69.4 Å². The van der Waals surface area contributed by atoms with Crippen LogP contribution in [-0.2, 0) is 11.5 Å². The zero-order valence-corrected chi connectivity index (χ0v) is 18.4. The van der Waals surface area contributed by atoms with Gasteiger partial charge in [0.2, 0.25) is 11.2 Å². The first-order chi connectivity index (χ1) is 12.6. The minimum absolute atomic E-state index is 0.0377. The molecule has 0 bridgehead atoms. The highest BCUT2D eigenvalue weighted by Crippen LogP contribution is 2.32. The van der Waals surface area contributed by atoms with Crippen molar-refractivity contribution >= 4 is 30.7 Å². The van der Waals surface area contributed by atoms with Gasteiger partial charge in [0, 0.05) is 20.9 Å². The van der Waals surface area contributed by atoms with Crippen molar-refractivity contribution in [1.82, 2.24) is 14.5 Å². The third-order valence-electron chi connectivity index (χ3n) is 5.07. The predicted octanol–water partition coefficient (Wildman–Crippen LogP) is 4.47. The number of rotatable bonds is 7. The molecule has 0 aromatic carbocycles. The van der Waals surface area contributed by atoms with E-state index in [1.54, 1.807) is 0 Å². The van der Waals surface area contributed by atoms with E-state index in [9.17, 15) is 5.11 Å². The molecular weight excluding hydrogens is 382 g/mol. The summed E-state index contributed by atoms with van der Waals surface area (Å²) in [5.41, 5.74) is 0.135. The van der Waals surface area contributed by atoms with Crippen LogP contribution >= 0.6 is 11.6 Å². The Morgan fingerprint density at radius 1 is 1.30 bits per heavy atom. The summed E-state index contributed by atoms with van der Waals surface area (Å²) >= 11 is 6.15. The van der Waals surface area contributed by atoms with Gasteiger partial charge < -0.3 is 19.1 Å². The number of fused-ring (bicyclic) bond motifs is 1. The van der Waals surface area contributed by atoms with Gasteiger partial charge in [-0.25, -0.2) is 0 Å². The lowest BCUT2D eigenvalue weighted by Gasteiger charge is -2.32. The molecular formula is C19H30ClN3O3Si. The Labute approximate surface area is 166 Å². The molecule has 0 spiro atoms. The minimum Gasteiger partial charge on any atom is -0.474 e. The summed E-state index contributed by atoms with van der Waals surface area (Å²) < 4.78 is 13.9. The second kappa shape index (κ2) is 8.07. The van der Waals surface area contributed by atoms with Crippen molar-refractivity contribution in [1.29, 1.82) is 0 Å². The van der Waals surface area contributed by atoms with Crippen LogP contribution in [0.5, 0.6) is 5.88 Å². The minimum atomic E-state index is -1.11. The normalized spacial score (nSPS) is 23.7. The molecule has 0 radical (unpaired) electrons. The fourth-order valence-corrected chi connectivity index (χ4v) is 4.15. The van der Waals surface area contributed by atoms with Crippen molar-refractivity contribution in [2.75, 3.05) is 6.61 Å². The van der Waals surface area contributed by atoms with Crippen molar-refractivity contribution in [3.8, 4) is 5.88 Å². The number of hydrogen-bond acceptors (Lipinski definition) is 5. The first-order valence-corrected chi connectivity index (χ1v) is 13.7. The van der Waals surface area contributed by atoms with Gasteiger partial charge in [-0.05, 0) is 56.3 Å². The van der Waals surface area contributed by atoms with Crippen molar-refractivity contribution in [3.05, 3.63) is 17.5 Å². The first-order valence-electron chi connectivity index (χ1n) is 9.62. The van der Waals surface area contributed by atoms with Crippen LogP contribution in [0.1, 0.15) is 32.6 Å². The van der Waals surface area contributed by atoms with E-state index in [0.717, 1.165) is 49.4 Å². The molecule has 2 aromatic rings. The van der Waals surface area contributed by atoms with E-state index in [2.05, 4.69) is 29.6 Å².